The molecule has 0 heterocycles. The third-order valence-corrected chi connectivity index (χ3v) is 3.46. The van der Waals surface area contributed by atoms with Crippen LogP contribution in [0.2, 0.25) is 0 Å². The minimum absolute atomic E-state index is 0.0688. The first kappa shape index (κ1) is 17.3. The van der Waals surface area contributed by atoms with Gasteiger partial charge in [-0.15, -0.1) is 0 Å². The minimum Gasteiger partial charge on any atom is -0.393 e. The van der Waals surface area contributed by atoms with E-state index < -0.39 is 0 Å². The highest BCUT2D eigenvalue weighted by Crippen LogP contribution is 2.20. The summed E-state index contributed by atoms with van der Waals surface area (Å²) in [5.41, 5.74) is 5.52. The van der Waals surface area contributed by atoms with Gasteiger partial charge in [-0.1, -0.05) is 39.9 Å². The van der Waals surface area contributed by atoms with Gasteiger partial charge in [0.25, 0.3) is 0 Å². The summed E-state index contributed by atoms with van der Waals surface area (Å²) in [7, 11) is 1.94. The van der Waals surface area contributed by atoms with Gasteiger partial charge in [0.2, 0.25) is 5.91 Å². The number of nitrogens with one attached hydrogen (secondary N) is 1. The lowest BCUT2D eigenvalue weighted by molar-refractivity contribution is -0.122. The Morgan fingerprint density at radius 2 is 2.00 bits per heavy atom. The van der Waals surface area contributed by atoms with Gasteiger partial charge in [-0.2, -0.15) is 0 Å². The average molecular weight is 273 g/mol. The molecule has 0 atom stereocenters. The zero-order chi connectivity index (χ0) is 14.3. The predicted molar refractivity (Wildman–Crippen MR) is 80.5 cm³/mol. The Bertz CT molecular complexity index is 290. The zero-order valence-corrected chi connectivity index (χ0v) is 13.1. The maximum Gasteiger partial charge on any atom is 0.234 e. The summed E-state index contributed by atoms with van der Waals surface area (Å²) in [6.07, 6.45) is 0.857. The fraction of sp³-hybridized carbons (Fsp3) is 0.846. The van der Waals surface area contributed by atoms with Crippen LogP contribution in [0.5, 0.6) is 0 Å². The van der Waals surface area contributed by atoms with Crippen molar-refractivity contribution in [2.75, 3.05) is 26.7 Å². The van der Waals surface area contributed by atoms with E-state index in [0.29, 0.717) is 17.5 Å². The van der Waals surface area contributed by atoms with Crippen LogP contribution in [-0.4, -0.2) is 42.5 Å². The molecule has 18 heavy (non-hydrogen) atoms. The number of amides is 1. The second-order valence-corrected chi connectivity index (χ2v) is 6.37. The largest absolute Gasteiger partial charge is 0.393 e. The molecule has 0 fully saturated rings. The van der Waals surface area contributed by atoms with Gasteiger partial charge >= 0.3 is 0 Å². The highest BCUT2D eigenvalue weighted by molar-refractivity contribution is 7.80. The molecule has 0 spiro atoms. The molecular formula is C13H27N3OS. The molecule has 0 aliphatic carbocycles. The van der Waals surface area contributed by atoms with Gasteiger partial charge in [0.05, 0.1) is 11.5 Å². The van der Waals surface area contributed by atoms with Crippen molar-refractivity contribution < 1.29 is 4.79 Å². The van der Waals surface area contributed by atoms with Gasteiger partial charge in [-0.05, 0) is 25.9 Å². The topological polar surface area (TPSA) is 58.4 Å². The minimum atomic E-state index is -0.155. The van der Waals surface area contributed by atoms with E-state index in [2.05, 4.69) is 19.2 Å². The molecule has 0 bridgehead atoms. The molecule has 0 aliphatic rings. The van der Waals surface area contributed by atoms with Gasteiger partial charge in [0.15, 0.2) is 0 Å². The fourth-order valence-corrected chi connectivity index (χ4v) is 1.39. The van der Waals surface area contributed by atoms with Gasteiger partial charge in [0.1, 0.15) is 0 Å². The van der Waals surface area contributed by atoms with Crippen LogP contribution in [0.15, 0.2) is 0 Å². The lowest BCUT2D eigenvalue weighted by Crippen LogP contribution is -2.39. The van der Waals surface area contributed by atoms with Crippen molar-refractivity contribution in [1.82, 2.24) is 10.2 Å². The van der Waals surface area contributed by atoms with E-state index in [0.717, 1.165) is 19.5 Å². The Balaban J connectivity index is 3.94. The van der Waals surface area contributed by atoms with E-state index in [1.165, 1.54) is 0 Å². The molecule has 3 N–H and O–H groups in total. The van der Waals surface area contributed by atoms with Crippen LogP contribution in [0.25, 0.3) is 0 Å². The summed E-state index contributed by atoms with van der Waals surface area (Å²) < 4.78 is 0. The molecule has 4 nitrogen and oxygen atoms in total. The molecule has 1 amide bonds. The number of carbonyl (C=O) groups excluding carboxylic acids is 1. The molecular weight excluding hydrogens is 246 g/mol. The van der Waals surface area contributed by atoms with Crippen molar-refractivity contribution in [3.8, 4) is 0 Å². The molecule has 0 aromatic carbocycles. The summed E-state index contributed by atoms with van der Waals surface area (Å²) >= 11 is 5.02. The number of hydrogen-bond donors (Lipinski definition) is 2. The number of thiocarbonyl (C=S) groups is 1. The smallest absolute Gasteiger partial charge is 0.234 e. The van der Waals surface area contributed by atoms with Crippen molar-refractivity contribution in [2.45, 2.75) is 34.1 Å². The van der Waals surface area contributed by atoms with E-state index in [4.69, 9.17) is 18.0 Å². The monoisotopic (exact) mass is 273 g/mol. The van der Waals surface area contributed by atoms with Crippen molar-refractivity contribution in [1.29, 1.82) is 0 Å². The summed E-state index contributed by atoms with van der Waals surface area (Å²) in [6.45, 7) is 10.2. The molecule has 0 saturated carbocycles. The SMILES string of the molecule is CC(C)CNC(=O)CN(C)CCC(C)(C)C(N)=S. The standard InChI is InChI=1S/C13H27N3OS/c1-10(2)8-15-11(17)9-16(5)7-6-13(3,4)12(14)18/h10H,6-9H2,1-5H3,(H2,14,18)(H,15,17). The molecule has 106 valence electrons. The van der Waals surface area contributed by atoms with E-state index >= 15 is 0 Å². The summed E-state index contributed by atoms with van der Waals surface area (Å²) in [6, 6.07) is 0. The van der Waals surface area contributed by atoms with Crippen molar-refractivity contribution in [3.63, 3.8) is 0 Å². The Labute approximate surface area is 116 Å². The maximum atomic E-state index is 11.6. The molecule has 0 rings (SSSR count). The molecule has 0 unspecified atom stereocenters. The van der Waals surface area contributed by atoms with Crippen LogP contribution in [0.3, 0.4) is 0 Å². The Morgan fingerprint density at radius 3 is 2.44 bits per heavy atom. The molecule has 0 aromatic rings. The van der Waals surface area contributed by atoms with Crippen LogP contribution in [-0.2, 0) is 4.79 Å². The number of nitrogens with zero attached hydrogens (tertiary/aromatic N) is 1. The third kappa shape index (κ3) is 7.61. The number of carbonyl (C=O) groups is 1. The van der Waals surface area contributed by atoms with Gasteiger partial charge in [-0.25, -0.2) is 0 Å². The Morgan fingerprint density at radius 1 is 1.44 bits per heavy atom. The van der Waals surface area contributed by atoms with E-state index in [1.54, 1.807) is 0 Å². The summed E-state index contributed by atoms with van der Waals surface area (Å²) in [5.74, 6) is 0.548. The van der Waals surface area contributed by atoms with E-state index in [-0.39, 0.29) is 11.3 Å². The maximum absolute atomic E-state index is 11.6. The molecule has 0 radical (unpaired) electrons. The highest BCUT2D eigenvalue weighted by atomic mass is 32.1. The first-order valence-electron chi connectivity index (χ1n) is 6.40. The van der Waals surface area contributed by atoms with E-state index in [1.807, 2.05) is 25.8 Å². The normalized spacial score (nSPS) is 11.9. The Hall–Kier alpha value is -0.680. The van der Waals surface area contributed by atoms with Crippen LogP contribution >= 0.6 is 12.2 Å². The number of nitrogens with two attached hydrogens (primary N) is 1. The van der Waals surface area contributed by atoms with Crippen molar-refractivity contribution >= 4 is 23.1 Å². The van der Waals surface area contributed by atoms with Crippen molar-refractivity contribution in [2.24, 2.45) is 17.1 Å². The highest BCUT2D eigenvalue weighted by Gasteiger charge is 2.21. The van der Waals surface area contributed by atoms with Crippen molar-refractivity contribution in [3.05, 3.63) is 0 Å². The second-order valence-electron chi connectivity index (χ2n) is 5.93. The van der Waals surface area contributed by atoms with Crippen LogP contribution in [0, 0.1) is 11.3 Å². The van der Waals surface area contributed by atoms with Gasteiger partial charge < -0.3 is 11.1 Å². The number of hydrogen-bond acceptors (Lipinski definition) is 3. The third-order valence-electron chi connectivity index (χ3n) is 2.91. The first-order chi connectivity index (χ1) is 8.15. The number of likely N-dealkylation sites (N-methyl/N-ethyl adjacent to an activating group) is 1. The molecule has 0 aliphatic heterocycles. The molecule has 0 saturated heterocycles. The molecule has 5 heteroatoms. The zero-order valence-electron chi connectivity index (χ0n) is 12.2. The second kappa shape index (κ2) is 7.69. The average Bonchev–Trinajstić information content (AvgIpc) is 2.23. The van der Waals surface area contributed by atoms with Gasteiger partial charge in [-0.3, -0.25) is 9.69 Å². The van der Waals surface area contributed by atoms with Crippen LogP contribution < -0.4 is 11.1 Å². The van der Waals surface area contributed by atoms with E-state index in [9.17, 15) is 4.79 Å². The lowest BCUT2D eigenvalue weighted by Gasteiger charge is -2.26. The quantitative estimate of drug-likeness (QED) is 0.656. The fourth-order valence-electron chi connectivity index (χ4n) is 1.29. The number of rotatable bonds is 8. The Kier molecular flexibility index (Phi) is 7.40. The van der Waals surface area contributed by atoms with Gasteiger partial charge in [0, 0.05) is 12.0 Å². The lowest BCUT2D eigenvalue weighted by atomic mass is 9.89. The first-order valence-corrected chi connectivity index (χ1v) is 6.81. The predicted octanol–water partition coefficient (Wildman–Crippen LogP) is 1.39. The molecule has 0 aromatic heterocycles. The summed E-state index contributed by atoms with van der Waals surface area (Å²) in [5, 5.41) is 2.90. The van der Waals surface area contributed by atoms with Crippen LogP contribution in [0.1, 0.15) is 34.1 Å². The summed E-state index contributed by atoms with van der Waals surface area (Å²) in [4.78, 5) is 14.1. The van der Waals surface area contributed by atoms with Crippen LogP contribution in [0.4, 0.5) is 0 Å².